The van der Waals surface area contributed by atoms with Crippen LogP contribution in [-0.4, -0.2) is 23.0 Å². The highest BCUT2D eigenvalue weighted by molar-refractivity contribution is 7.99. The van der Waals surface area contributed by atoms with Crippen LogP contribution < -0.4 is 5.32 Å². The average molecular weight is 273 g/mol. The Labute approximate surface area is 119 Å². The first-order valence-electron chi connectivity index (χ1n) is 6.70. The Morgan fingerprint density at radius 3 is 3.11 bits per heavy atom. The quantitative estimate of drug-likeness (QED) is 0.639. The van der Waals surface area contributed by atoms with Crippen LogP contribution in [0.1, 0.15) is 29.7 Å². The molecule has 0 radical (unpaired) electrons. The van der Waals surface area contributed by atoms with E-state index in [0.29, 0.717) is 5.56 Å². The summed E-state index contributed by atoms with van der Waals surface area (Å²) in [6, 6.07) is 4.26. The van der Waals surface area contributed by atoms with Gasteiger partial charge in [-0.2, -0.15) is 17.0 Å². The largest absolute Gasteiger partial charge is 0.368 e. The fraction of sp³-hybridized carbons (Fsp3) is 0.467. The number of nitrogens with one attached hydrogen (secondary N) is 1. The highest BCUT2D eigenvalue weighted by Gasteiger charge is 2.14. The Morgan fingerprint density at radius 1 is 1.47 bits per heavy atom. The number of hydrogen-bond donors (Lipinski definition) is 1. The van der Waals surface area contributed by atoms with Crippen molar-refractivity contribution in [3.05, 3.63) is 35.5 Å². The van der Waals surface area contributed by atoms with E-state index in [1.54, 1.807) is 0 Å². The fourth-order valence-electron chi connectivity index (χ4n) is 2.26. The third-order valence-electron chi connectivity index (χ3n) is 3.20. The summed E-state index contributed by atoms with van der Waals surface area (Å²) in [6.07, 6.45) is 6.43. The lowest BCUT2D eigenvalue weighted by molar-refractivity contribution is 0.668. The molecule has 0 fully saturated rings. The molecule has 0 unspecified atom stereocenters. The highest BCUT2D eigenvalue weighted by Crippen LogP contribution is 2.24. The molecule has 0 spiro atoms. The van der Waals surface area contributed by atoms with E-state index in [0.717, 1.165) is 36.7 Å². The van der Waals surface area contributed by atoms with E-state index in [-0.39, 0.29) is 0 Å². The van der Waals surface area contributed by atoms with Crippen molar-refractivity contribution in [2.45, 2.75) is 25.7 Å². The minimum atomic E-state index is 0.675. The van der Waals surface area contributed by atoms with E-state index in [1.165, 1.54) is 24.1 Å². The van der Waals surface area contributed by atoms with Crippen LogP contribution in [0.3, 0.4) is 0 Å². The second kappa shape index (κ2) is 7.20. The third kappa shape index (κ3) is 3.74. The average Bonchev–Trinajstić information content (AvgIpc) is 2.46. The van der Waals surface area contributed by atoms with Gasteiger partial charge in [-0.15, -0.1) is 6.58 Å². The number of thioether (sulfide) groups is 1. The zero-order chi connectivity index (χ0) is 13.5. The summed E-state index contributed by atoms with van der Waals surface area (Å²) in [7, 11) is 0. The van der Waals surface area contributed by atoms with Gasteiger partial charge < -0.3 is 5.32 Å². The summed E-state index contributed by atoms with van der Waals surface area (Å²) < 4.78 is 0. The monoisotopic (exact) mass is 273 g/mol. The molecule has 0 bridgehead atoms. The van der Waals surface area contributed by atoms with Crippen LogP contribution in [0.4, 0.5) is 5.82 Å². The number of anilines is 1. The molecule has 1 aliphatic carbocycles. The van der Waals surface area contributed by atoms with E-state index in [2.05, 4.69) is 22.9 Å². The number of nitrogens with zero attached hydrogens (tertiary/aromatic N) is 2. The third-order valence-corrected chi connectivity index (χ3v) is 4.16. The molecule has 0 aromatic carbocycles. The van der Waals surface area contributed by atoms with E-state index < -0.39 is 0 Å². The lowest BCUT2D eigenvalue weighted by atomic mass is 9.95. The zero-order valence-corrected chi connectivity index (χ0v) is 11.9. The Bertz CT molecular complexity index is 491. The molecular formula is C15H19N3S. The summed E-state index contributed by atoms with van der Waals surface area (Å²) in [5, 5.41) is 12.5. The second-order valence-electron chi connectivity index (χ2n) is 4.60. The summed E-state index contributed by atoms with van der Waals surface area (Å²) >= 11 is 1.82. The molecule has 3 nitrogen and oxygen atoms in total. The van der Waals surface area contributed by atoms with Gasteiger partial charge in [-0.05, 0) is 37.3 Å². The molecule has 1 heterocycles. The standard InChI is InChI=1S/C15H19N3S/c1-2-8-19-9-7-17-15-13(11-16)10-12-5-3-4-6-14(12)18-15/h2,10H,1,3-9H2,(H,17,18). The van der Waals surface area contributed by atoms with Crippen molar-refractivity contribution in [3.8, 4) is 6.07 Å². The van der Waals surface area contributed by atoms with Crippen molar-refractivity contribution < 1.29 is 0 Å². The molecule has 0 aliphatic heterocycles. The molecule has 2 rings (SSSR count). The first-order valence-corrected chi connectivity index (χ1v) is 7.86. The molecule has 0 atom stereocenters. The molecule has 1 aromatic heterocycles. The molecule has 100 valence electrons. The lowest BCUT2D eigenvalue weighted by Crippen LogP contribution is -2.12. The van der Waals surface area contributed by atoms with E-state index in [4.69, 9.17) is 0 Å². The maximum Gasteiger partial charge on any atom is 0.144 e. The number of rotatable bonds is 6. The van der Waals surface area contributed by atoms with Gasteiger partial charge in [0, 0.05) is 23.7 Å². The number of nitriles is 1. The van der Waals surface area contributed by atoms with E-state index in [9.17, 15) is 5.26 Å². The molecule has 0 saturated heterocycles. The summed E-state index contributed by atoms with van der Waals surface area (Å²) in [5.74, 6) is 2.71. The maximum absolute atomic E-state index is 9.21. The van der Waals surface area contributed by atoms with Crippen molar-refractivity contribution in [1.29, 1.82) is 5.26 Å². The maximum atomic E-state index is 9.21. The van der Waals surface area contributed by atoms with Crippen molar-refractivity contribution in [2.24, 2.45) is 0 Å². The van der Waals surface area contributed by atoms with Crippen LogP contribution >= 0.6 is 11.8 Å². The molecule has 4 heteroatoms. The normalized spacial score (nSPS) is 13.4. The van der Waals surface area contributed by atoms with Crippen LogP contribution in [0, 0.1) is 11.3 Å². The second-order valence-corrected chi connectivity index (χ2v) is 5.75. The van der Waals surface area contributed by atoms with Crippen LogP contribution in [0.15, 0.2) is 18.7 Å². The predicted molar refractivity (Wildman–Crippen MR) is 81.6 cm³/mol. The van der Waals surface area contributed by atoms with Crippen LogP contribution in [0.5, 0.6) is 0 Å². The Hall–Kier alpha value is -1.47. The van der Waals surface area contributed by atoms with Gasteiger partial charge in [-0.3, -0.25) is 0 Å². The highest BCUT2D eigenvalue weighted by atomic mass is 32.2. The van der Waals surface area contributed by atoms with Crippen molar-refractivity contribution in [2.75, 3.05) is 23.4 Å². The number of aromatic nitrogens is 1. The van der Waals surface area contributed by atoms with Crippen LogP contribution in [0.2, 0.25) is 0 Å². The molecule has 0 saturated carbocycles. The molecule has 1 aliphatic rings. The predicted octanol–water partition coefficient (Wildman–Crippen LogP) is 3.16. The topological polar surface area (TPSA) is 48.7 Å². The van der Waals surface area contributed by atoms with Crippen molar-refractivity contribution in [3.63, 3.8) is 0 Å². The fourth-order valence-corrected chi connectivity index (χ4v) is 2.84. The zero-order valence-electron chi connectivity index (χ0n) is 11.1. The summed E-state index contributed by atoms with van der Waals surface area (Å²) in [4.78, 5) is 4.64. The van der Waals surface area contributed by atoms with E-state index in [1.807, 2.05) is 23.9 Å². The number of fused-ring (bicyclic) bond motifs is 1. The Morgan fingerprint density at radius 2 is 2.32 bits per heavy atom. The van der Waals surface area contributed by atoms with Crippen molar-refractivity contribution >= 4 is 17.6 Å². The Balaban J connectivity index is 2.02. The first kappa shape index (κ1) is 14.0. The first-order chi connectivity index (χ1) is 9.35. The minimum Gasteiger partial charge on any atom is -0.368 e. The SMILES string of the molecule is C=CCSCCNc1nc2c(cc1C#N)CCCC2. The van der Waals surface area contributed by atoms with Gasteiger partial charge >= 0.3 is 0 Å². The van der Waals surface area contributed by atoms with Crippen LogP contribution in [-0.2, 0) is 12.8 Å². The number of hydrogen-bond acceptors (Lipinski definition) is 4. The smallest absolute Gasteiger partial charge is 0.144 e. The van der Waals surface area contributed by atoms with Gasteiger partial charge in [0.15, 0.2) is 0 Å². The molecule has 1 N–H and O–H groups in total. The van der Waals surface area contributed by atoms with Gasteiger partial charge in [0.1, 0.15) is 11.9 Å². The van der Waals surface area contributed by atoms with Crippen molar-refractivity contribution in [1.82, 2.24) is 4.98 Å². The van der Waals surface area contributed by atoms with Crippen LogP contribution in [0.25, 0.3) is 0 Å². The summed E-state index contributed by atoms with van der Waals surface area (Å²) in [5.41, 5.74) is 3.11. The van der Waals surface area contributed by atoms with Gasteiger partial charge in [0.25, 0.3) is 0 Å². The number of pyridine rings is 1. The molecule has 1 aromatic rings. The van der Waals surface area contributed by atoms with Gasteiger partial charge in [-0.1, -0.05) is 6.08 Å². The summed E-state index contributed by atoms with van der Waals surface area (Å²) in [6.45, 7) is 4.53. The lowest BCUT2D eigenvalue weighted by Gasteiger charge is -2.17. The van der Waals surface area contributed by atoms with Gasteiger partial charge in [0.05, 0.1) is 5.56 Å². The van der Waals surface area contributed by atoms with Gasteiger partial charge in [0.2, 0.25) is 0 Å². The minimum absolute atomic E-state index is 0.675. The molecule has 19 heavy (non-hydrogen) atoms. The Kier molecular flexibility index (Phi) is 5.29. The molecule has 0 amide bonds. The number of aryl methyl sites for hydroxylation is 2. The molecular weight excluding hydrogens is 254 g/mol. The van der Waals surface area contributed by atoms with E-state index >= 15 is 0 Å². The van der Waals surface area contributed by atoms with Gasteiger partial charge in [-0.25, -0.2) is 4.98 Å².